The molecule has 0 radical (unpaired) electrons. The van der Waals surface area contributed by atoms with Crippen LogP contribution in [0.1, 0.15) is 76.4 Å². The van der Waals surface area contributed by atoms with Gasteiger partial charge in [-0.25, -0.2) is 9.59 Å². The van der Waals surface area contributed by atoms with E-state index in [0.717, 1.165) is 18.4 Å². The number of aromatic nitrogens is 2. The van der Waals surface area contributed by atoms with Gasteiger partial charge >= 0.3 is 12.1 Å². The van der Waals surface area contributed by atoms with Gasteiger partial charge in [-0.1, -0.05) is 37.3 Å². The molecule has 3 fully saturated rings. The predicted octanol–water partition coefficient (Wildman–Crippen LogP) is 4.46. The Labute approximate surface area is 205 Å². The van der Waals surface area contributed by atoms with E-state index in [2.05, 4.69) is 17.1 Å². The van der Waals surface area contributed by atoms with Crippen molar-refractivity contribution in [1.82, 2.24) is 25.1 Å². The lowest BCUT2D eigenvalue weighted by Gasteiger charge is -2.28. The number of carbonyl (C=O) groups excluding carboxylic acids is 2. The lowest BCUT2D eigenvalue weighted by atomic mass is 10.0. The highest BCUT2D eigenvalue weighted by molar-refractivity contribution is 5.77. The van der Waals surface area contributed by atoms with Gasteiger partial charge in [0.1, 0.15) is 24.3 Å². The SMILES string of the molecule is C[C@@H]1C[C@H](c2nnc([C@@H]3CC[C@@H]4CN3C(=O)N4OCc3ccccc3)o2)N(C(=O)OC(C)(C)C)C1. The van der Waals surface area contributed by atoms with Crippen molar-refractivity contribution in [2.24, 2.45) is 5.92 Å². The van der Waals surface area contributed by atoms with E-state index in [1.54, 1.807) is 9.80 Å². The van der Waals surface area contributed by atoms with Crippen LogP contribution < -0.4 is 0 Å². The van der Waals surface area contributed by atoms with Crippen LogP contribution in [0.15, 0.2) is 34.7 Å². The molecule has 0 N–H and O–H groups in total. The monoisotopic (exact) mass is 483 g/mol. The van der Waals surface area contributed by atoms with E-state index in [-0.39, 0.29) is 36.2 Å². The third kappa shape index (κ3) is 4.84. The molecule has 3 amide bonds. The minimum Gasteiger partial charge on any atom is -0.444 e. The molecule has 35 heavy (non-hydrogen) atoms. The molecule has 188 valence electrons. The molecular formula is C25H33N5O5. The summed E-state index contributed by atoms with van der Waals surface area (Å²) in [6.45, 7) is 9.10. The third-order valence-corrected chi connectivity index (χ3v) is 6.70. The van der Waals surface area contributed by atoms with Crippen molar-refractivity contribution in [3.8, 4) is 0 Å². The second kappa shape index (κ2) is 9.14. The normalized spacial score (nSPS) is 26.5. The minimum absolute atomic E-state index is 0.00296. The Morgan fingerprint density at radius 3 is 2.51 bits per heavy atom. The first-order valence-electron chi connectivity index (χ1n) is 12.3. The van der Waals surface area contributed by atoms with Crippen LogP contribution in [0.5, 0.6) is 0 Å². The molecule has 10 heteroatoms. The summed E-state index contributed by atoms with van der Waals surface area (Å²) in [6.07, 6.45) is 1.83. The van der Waals surface area contributed by atoms with Crippen LogP contribution in [0.25, 0.3) is 0 Å². The summed E-state index contributed by atoms with van der Waals surface area (Å²) < 4.78 is 11.7. The molecule has 1 aromatic heterocycles. The number of hydrogen-bond acceptors (Lipinski definition) is 7. The van der Waals surface area contributed by atoms with Crippen LogP contribution in [0.3, 0.4) is 0 Å². The van der Waals surface area contributed by atoms with Gasteiger partial charge in [-0.15, -0.1) is 10.2 Å². The minimum atomic E-state index is -0.587. The van der Waals surface area contributed by atoms with E-state index in [4.69, 9.17) is 14.0 Å². The van der Waals surface area contributed by atoms with E-state index in [0.29, 0.717) is 37.9 Å². The van der Waals surface area contributed by atoms with Crippen molar-refractivity contribution in [3.63, 3.8) is 0 Å². The summed E-state index contributed by atoms with van der Waals surface area (Å²) in [5.41, 5.74) is 0.423. The fourth-order valence-corrected chi connectivity index (χ4v) is 5.09. The van der Waals surface area contributed by atoms with Crippen molar-refractivity contribution in [2.45, 2.75) is 77.3 Å². The molecule has 4 atom stereocenters. The number of carbonyl (C=O) groups is 2. The van der Waals surface area contributed by atoms with Gasteiger partial charge in [-0.2, -0.15) is 5.06 Å². The highest BCUT2D eigenvalue weighted by Gasteiger charge is 2.48. The summed E-state index contributed by atoms with van der Waals surface area (Å²) in [4.78, 5) is 35.2. The number of ether oxygens (including phenoxy) is 1. The topological polar surface area (TPSA) is 101 Å². The first-order valence-corrected chi connectivity index (χ1v) is 12.3. The molecule has 10 nitrogen and oxygen atoms in total. The van der Waals surface area contributed by atoms with E-state index >= 15 is 0 Å². The average molecular weight is 484 g/mol. The number of amides is 3. The number of hydrogen-bond donors (Lipinski definition) is 0. The summed E-state index contributed by atoms with van der Waals surface area (Å²) in [5.74, 6) is 1.08. The fourth-order valence-electron chi connectivity index (χ4n) is 5.09. The Kier molecular flexibility index (Phi) is 6.16. The lowest BCUT2D eigenvalue weighted by molar-refractivity contribution is -0.140. The van der Waals surface area contributed by atoms with Gasteiger partial charge in [0.2, 0.25) is 11.8 Å². The molecule has 0 spiro atoms. The molecule has 2 aromatic rings. The van der Waals surface area contributed by atoms with Crippen LogP contribution in [0.2, 0.25) is 0 Å². The Morgan fingerprint density at radius 2 is 1.80 bits per heavy atom. The highest BCUT2D eigenvalue weighted by Crippen LogP contribution is 2.40. The number of nitrogens with zero attached hydrogens (tertiary/aromatic N) is 5. The zero-order valence-electron chi connectivity index (χ0n) is 20.7. The number of fused-ring (bicyclic) bond motifs is 2. The van der Waals surface area contributed by atoms with Crippen molar-refractivity contribution in [1.29, 1.82) is 0 Å². The maximum atomic E-state index is 13.1. The molecule has 2 bridgehead atoms. The first kappa shape index (κ1) is 23.6. The number of urea groups is 1. The van der Waals surface area contributed by atoms with Crippen LogP contribution in [0.4, 0.5) is 9.59 Å². The number of hydroxylamine groups is 2. The number of likely N-dealkylation sites (tertiary alicyclic amines) is 1. The standard InChI is InChI=1S/C25H33N5O5/c1-16-12-20(29(13-16)24(32)35-25(2,3)4)22-27-26-21(34-22)19-11-10-18-14-28(19)23(31)30(18)33-15-17-8-6-5-7-9-17/h5-9,16,18-20H,10-15H2,1-4H3/t16-,18-,19+,20-/m1/s1. The Hall–Kier alpha value is -3.14. The van der Waals surface area contributed by atoms with Crippen LogP contribution >= 0.6 is 0 Å². The zero-order chi connectivity index (χ0) is 24.7. The van der Waals surface area contributed by atoms with Crippen molar-refractivity contribution in [2.75, 3.05) is 13.1 Å². The van der Waals surface area contributed by atoms with E-state index < -0.39 is 5.60 Å². The van der Waals surface area contributed by atoms with Gasteiger partial charge in [0.05, 0.1) is 6.04 Å². The lowest BCUT2D eigenvalue weighted by Crippen LogP contribution is -2.36. The predicted molar refractivity (Wildman–Crippen MR) is 125 cm³/mol. The molecular weight excluding hydrogens is 450 g/mol. The smallest absolute Gasteiger partial charge is 0.410 e. The van der Waals surface area contributed by atoms with Gasteiger partial charge in [0.15, 0.2) is 0 Å². The number of rotatable bonds is 5. The van der Waals surface area contributed by atoms with Gasteiger partial charge in [-0.05, 0) is 51.5 Å². The molecule has 4 heterocycles. The molecule has 5 rings (SSSR count). The van der Waals surface area contributed by atoms with Gasteiger partial charge in [0, 0.05) is 13.1 Å². The Balaban J connectivity index is 1.27. The molecule has 3 aliphatic heterocycles. The largest absolute Gasteiger partial charge is 0.444 e. The molecule has 3 aliphatic rings. The fraction of sp³-hybridized carbons (Fsp3) is 0.600. The highest BCUT2D eigenvalue weighted by atomic mass is 16.7. The van der Waals surface area contributed by atoms with E-state index in [1.165, 1.54) is 5.06 Å². The summed E-state index contributed by atoms with van der Waals surface area (Å²) in [6, 6.07) is 8.97. The number of benzene rings is 1. The second-order valence-electron chi connectivity index (χ2n) is 10.7. The molecule has 3 saturated heterocycles. The van der Waals surface area contributed by atoms with Crippen molar-refractivity contribution in [3.05, 3.63) is 47.7 Å². The Bertz CT molecular complexity index is 1070. The summed E-state index contributed by atoms with van der Waals surface area (Å²) >= 11 is 0. The van der Waals surface area contributed by atoms with Crippen molar-refractivity contribution >= 4 is 12.1 Å². The maximum absolute atomic E-state index is 13.1. The Morgan fingerprint density at radius 1 is 1.09 bits per heavy atom. The van der Waals surface area contributed by atoms with Crippen LogP contribution in [0, 0.1) is 5.92 Å². The molecule has 0 aliphatic carbocycles. The number of piperidine rings is 1. The second-order valence-corrected chi connectivity index (χ2v) is 10.7. The first-order chi connectivity index (χ1) is 16.7. The summed E-state index contributed by atoms with van der Waals surface area (Å²) in [5, 5.41) is 10.1. The molecule has 0 saturated carbocycles. The van der Waals surface area contributed by atoms with Gasteiger partial charge in [0.25, 0.3) is 0 Å². The van der Waals surface area contributed by atoms with Crippen molar-refractivity contribution < 1.29 is 23.6 Å². The van der Waals surface area contributed by atoms with Gasteiger partial charge in [-0.3, -0.25) is 9.74 Å². The van der Waals surface area contributed by atoms with Crippen LogP contribution in [-0.4, -0.2) is 61.9 Å². The molecule has 0 unspecified atom stereocenters. The molecule has 1 aromatic carbocycles. The third-order valence-electron chi connectivity index (χ3n) is 6.70. The van der Waals surface area contributed by atoms with Crippen LogP contribution in [-0.2, 0) is 16.2 Å². The average Bonchev–Trinajstić information content (AvgIpc) is 3.50. The van der Waals surface area contributed by atoms with E-state index in [9.17, 15) is 9.59 Å². The zero-order valence-corrected chi connectivity index (χ0v) is 20.7. The summed E-state index contributed by atoms with van der Waals surface area (Å²) in [7, 11) is 0. The van der Waals surface area contributed by atoms with Gasteiger partial charge < -0.3 is 14.1 Å². The van der Waals surface area contributed by atoms with E-state index in [1.807, 2.05) is 51.1 Å². The maximum Gasteiger partial charge on any atom is 0.410 e. The quantitative estimate of drug-likeness (QED) is 0.619.